The van der Waals surface area contributed by atoms with Gasteiger partial charge in [0, 0.05) is 28.9 Å². The molecule has 2 heterocycles. The third kappa shape index (κ3) is 3.80. The average Bonchev–Trinajstić information content (AvgIpc) is 3.37. The quantitative estimate of drug-likeness (QED) is 0.684. The Morgan fingerprint density at radius 1 is 1.29 bits per heavy atom. The second kappa shape index (κ2) is 7.90. The lowest BCUT2D eigenvalue weighted by Crippen LogP contribution is -2.34. The van der Waals surface area contributed by atoms with E-state index in [1.54, 1.807) is 30.2 Å². The first-order valence-electron chi connectivity index (χ1n) is 8.95. The van der Waals surface area contributed by atoms with Crippen molar-refractivity contribution in [2.75, 3.05) is 19.0 Å². The number of amides is 2. The van der Waals surface area contributed by atoms with E-state index in [2.05, 4.69) is 15.5 Å². The van der Waals surface area contributed by atoms with Gasteiger partial charge in [0.15, 0.2) is 0 Å². The summed E-state index contributed by atoms with van der Waals surface area (Å²) in [6.07, 6.45) is 1.63. The zero-order valence-electron chi connectivity index (χ0n) is 15.3. The first kappa shape index (κ1) is 18.3. The second-order valence-electron chi connectivity index (χ2n) is 6.48. The Morgan fingerprint density at radius 2 is 2.14 bits per heavy atom. The zero-order valence-corrected chi connectivity index (χ0v) is 16.0. The number of hydrogen-bond acceptors (Lipinski definition) is 5. The number of carbonyl (C=O) groups excluding carboxylic acids is 1. The summed E-state index contributed by atoms with van der Waals surface area (Å²) in [5.74, 6) is 1.56. The van der Waals surface area contributed by atoms with Crippen molar-refractivity contribution in [3.63, 3.8) is 0 Å². The highest BCUT2D eigenvalue weighted by atomic mass is 35.5. The lowest BCUT2D eigenvalue weighted by atomic mass is 10.2. The Hall–Kier alpha value is -3.06. The second-order valence-corrected chi connectivity index (χ2v) is 6.92. The van der Waals surface area contributed by atoms with Gasteiger partial charge in [-0.15, -0.1) is 0 Å². The predicted octanol–water partition coefficient (Wildman–Crippen LogP) is 4.77. The van der Waals surface area contributed by atoms with Crippen LogP contribution < -0.4 is 10.1 Å². The molecule has 1 aliphatic rings. The Balaban J connectivity index is 1.51. The first-order chi connectivity index (χ1) is 13.6. The molecule has 144 valence electrons. The van der Waals surface area contributed by atoms with Crippen molar-refractivity contribution in [1.82, 2.24) is 15.0 Å². The number of hydrogen-bond donors (Lipinski definition) is 1. The summed E-state index contributed by atoms with van der Waals surface area (Å²) in [6.45, 7) is 0.620. The largest absolute Gasteiger partial charge is 0.497 e. The molecule has 0 bridgehead atoms. The number of likely N-dealkylation sites (tertiary alicyclic amines) is 1. The Bertz CT molecular complexity index is 991. The van der Waals surface area contributed by atoms with Crippen LogP contribution in [-0.4, -0.2) is 34.7 Å². The van der Waals surface area contributed by atoms with Gasteiger partial charge in [0.2, 0.25) is 11.7 Å². The minimum absolute atomic E-state index is 0.210. The van der Waals surface area contributed by atoms with E-state index in [0.717, 1.165) is 18.4 Å². The number of benzene rings is 2. The van der Waals surface area contributed by atoms with Gasteiger partial charge in [-0.05, 0) is 37.1 Å². The number of carbonyl (C=O) groups is 1. The molecule has 7 nitrogen and oxygen atoms in total. The van der Waals surface area contributed by atoms with Gasteiger partial charge >= 0.3 is 6.03 Å². The first-order valence-corrected chi connectivity index (χ1v) is 9.33. The third-order valence-electron chi connectivity index (χ3n) is 4.64. The smallest absolute Gasteiger partial charge is 0.322 e. The van der Waals surface area contributed by atoms with Crippen LogP contribution in [0.2, 0.25) is 5.02 Å². The van der Waals surface area contributed by atoms with Crippen LogP contribution in [0.1, 0.15) is 24.8 Å². The number of halogens is 1. The van der Waals surface area contributed by atoms with Crippen molar-refractivity contribution in [2.45, 2.75) is 18.9 Å². The molecule has 28 heavy (non-hydrogen) atoms. The van der Waals surface area contributed by atoms with Gasteiger partial charge < -0.3 is 19.5 Å². The van der Waals surface area contributed by atoms with Gasteiger partial charge in [0.25, 0.3) is 0 Å². The fraction of sp³-hybridized carbons (Fsp3) is 0.250. The molecular weight excluding hydrogens is 380 g/mol. The van der Waals surface area contributed by atoms with Crippen LogP contribution >= 0.6 is 11.6 Å². The van der Waals surface area contributed by atoms with Crippen LogP contribution in [0.3, 0.4) is 0 Å². The molecule has 0 radical (unpaired) electrons. The highest BCUT2D eigenvalue weighted by molar-refractivity contribution is 6.30. The van der Waals surface area contributed by atoms with Crippen molar-refractivity contribution in [3.05, 3.63) is 59.4 Å². The van der Waals surface area contributed by atoms with Gasteiger partial charge in [-0.25, -0.2) is 4.79 Å². The van der Waals surface area contributed by atoms with E-state index < -0.39 is 0 Å². The molecule has 0 saturated carbocycles. The standard InChI is InChI=1S/C20H19ClN4O3/c1-27-16-8-3-7-15(12-16)22-20(26)25-10-4-9-17(25)19-23-18(24-28-19)13-5-2-6-14(21)11-13/h2-3,5-8,11-12,17H,4,9-10H2,1H3,(H,22,26)/t17-/m0/s1. The lowest BCUT2D eigenvalue weighted by molar-refractivity contribution is 0.193. The molecule has 0 spiro atoms. The summed E-state index contributed by atoms with van der Waals surface area (Å²) in [5, 5.41) is 7.56. The van der Waals surface area contributed by atoms with Crippen LogP contribution in [0.4, 0.5) is 10.5 Å². The predicted molar refractivity (Wildman–Crippen MR) is 105 cm³/mol. The van der Waals surface area contributed by atoms with E-state index in [9.17, 15) is 4.79 Å². The van der Waals surface area contributed by atoms with Crippen LogP contribution in [0, 0.1) is 0 Å². The van der Waals surface area contributed by atoms with E-state index in [0.29, 0.717) is 34.7 Å². The van der Waals surface area contributed by atoms with Crippen molar-refractivity contribution in [1.29, 1.82) is 0 Å². The molecule has 1 saturated heterocycles. The van der Waals surface area contributed by atoms with Crippen LogP contribution in [-0.2, 0) is 0 Å². The van der Waals surface area contributed by atoms with Gasteiger partial charge in [0.05, 0.1) is 7.11 Å². The zero-order chi connectivity index (χ0) is 19.5. The minimum Gasteiger partial charge on any atom is -0.497 e. The summed E-state index contributed by atoms with van der Waals surface area (Å²) < 4.78 is 10.7. The molecule has 1 aliphatic heterocycles. The SMILES string of the molecule is COc1cccc(NC(=O)N2CCC[C@H]2c2nc(-c3cccc(Cl)c3)no2)c1. The highest BCUT2D eigenvalue weighted by Crippen LogP contribution is 2.33. The van der Waals surface area contributed by atoms with Gasteiger partial charge in [-0.1, -0.05) is 35.0 Å². The molecule has 1 N–H and O–H groups in total. The van der Waals surface area contributed by atoms with Crippen molar-refractivity contribution in [3.8, 4) is 17.1 Å². The summed E-state index contributed by atoms with van der Waals surface area (Å²) in [6, 6.07) is 14.0. The molecule has 3 aromatic rings. The number of ether oxygens (including phenoxy) is 1. The number of methoxy groups -OCH3 is 1. The summed E-state index contributed by atoms with van der Waals surface area (Å²) >= 11 is 6.04. The van der Waals surface area contributed by atoms with Crippen molar-refractivity contribution < 1.29 is 14.1 Å². The van der Waals surface area contributed by atoms with Crippen molar-refractivity contribution >= 4 is 23.3 Å². The molecule has 1 atom stereocenters. The highest BCUT2D eigenvalue weighted by Gasteiger charge is 2.34. The number of anilines is 1. The maximum absolute atomic E-state index is 12.8. The van der Waals surface area contributed by atoms with Crippen LogP contribution in [0.15, 0.2) is 53.1 Å². The summed E-state index contributed by atoms with van der Waals surface area (Å²) in [4.78, 5) is 19.0. The number of urea groups is 1. The van der Waals surface area contributed by atoms with E-state index in [1.165, 1.54) is 0 Å². The molecule has 8 heteroatoms. The maximum atomic E-state index is 12.8. The minimum atomic E-state index is -0.258. The van der Waals surface area contributed by atoms with Gasteiger partial charge in [-0.3, -0.25) is 0 Å². The normalized spacial score (nSPS) is 16.2. The Kier molecular flexibility index (Phi) is 5.16. The molecule has 0 aliphatic carbocycles. The number of nitrogens with one attached hydrogen (secondary N) is 1. The molecule has 2 amide bonds. The molecule has 1 aromatic heterocycles. The number of rotatable bonds is 4. The van der Waals surface area contributed by atoms with E-state index in [4.69, 9.17) is 20.9 Å². The Labute approximate surface area is 167 Å². The lowest BCUT2D eigenvalue weighted by Gasteiger charge is -2.22. The molecule has 0 unspecified atom stereocenters. The fourth-order valence-corrected chi connectivity index (χ4v) is 3.47. The monoisotopic (exact) mass is 398 g/mol. The van der Waals surface area contributed by atoms with E-state index >= 15 is 0 Å². The summed E-state index contributed by atoms with van der Waals surface area (Å²) in [5.41, 5.74) is 1.44. The third-order valence-corrected chi connectivity index (χ3v) is 4.88. The van der Waals surface area contributed by atoms with Crippen LogP contribution in [0.25, 0.3) is 11.4 Å². The van der Waals surface area contributed by atoms with Crippen molar-refractivity contribution in [2.24, 2.45) is 0 Å². The number of aromatic nitrogens is 2. The van der Waals surface area contributed by atoms with E-state index in [1.807, 2.05) is 30.3 Å². The molecule has 2 aromatic carbocycles. The van der Waals surface area contributed by atoms with Gasteiger partial charge in [-0.2, -0.15) is 4.98 Å². The Morgan fingerprint density at radius 3 is 2.96 bits per heavy atom. The number of nitrogens with zero attached hydrogens (tertiary/aromatic N) is 3. The molecular formula is C20H19ClN4O3. The van der Waals surface area contributed by atoms with Gasteiger partial charge in [0.1, 0.15) is 11.8 Å². The molecule has 1 fully saturated rings. The molecule has 4 rings (SSSR count). The van der Waals surface area contributed by atoms with E-state index in [-0.39, 0.29) is 12.1 Å². The average molecular weight is 399 g/mol. The summed E-state index contributed by atoms with van der Waals surface area (Å²) in [7, 11) is 1.59. The fourth-order valence-electron chi connectivity index (χ4n) is 3.28. The topological polar surface area (TPSA) is 80.5 Å². The van der Waals surface area contributed by atoms with Crippen LogP contribution in [0.5, 0.6) is 5.75 Å². The maximum Gasteiger partial charge on any atom is 0.322 e.